The lowest BCUT2D eigenvalue weighted by Gasteiger charge is -2.48. The third kappa shape index (κ3) is 12.5. The van der Waals surface area contributed by atoms with E-state index in [1.807, 2.05) is 48.5 Å². The largest absolute Gasteiger partial charge is 0.382 e. The van der Waals surface area contributed by atoms with E-state index in [1.54, 1.807) is 21.3 Å². The van der Waals surface area contributed by atoms with E-state index >= 15 is 0 Å². The SMILES string of the molecule is COCC(C)OCC(C)OCC(C)OCC(C)(OC)c1ccc(C2(C)OCC2OC(C)COC(C)COC(C)COC)cc1. The van der Waals surface area contributed by atoms with Gasteiger partial charge in [0.25, 0.3) is 0 Å². The Hall–Kier alpha value is -1.18. The molecule has 10 nitrogen and oxygen atoms in total. The minimum Gasteiger partial charge on any atom is -0.382 e. The zero-order valence-corrected chi connectivity index (χ0v) is 29.1. The first-order chi connectivity index (χ1) is 20.9. The van der Waals surface area contributed by atoms with E-state index in [2.05, 4.69) is 31.2 Å². The molecule has 0 radical (unpaired) electrons. The molecule has 1 fully saturated rings. The maximum absolute atomic E-state index is 6.35. The topological polar surface area (TPSA) is 92.3 Å². The zero-order chi connectivity index (χ0) is 32.8. The van der Waals surface area contributed by atoms with Crippen molar-refractivity contribution in [2.75, 3.05) is 74.2 Å². The van der Waals surface area contributed by atoms with E-state index in [0.717, 1.165) is 11.1 Å². The van der Waals surface area contributed by atoms with Crippen LogP contribution in [0.1, 0.15) is 66.5 Å². The normalized spacial score (nSPS) is 24.1. The number of ether oxygens (including phenoxy) is 10. The molecule has 10 heteroatoms. The quantitative estimate of drug-likeness (QED) is 0.158. The van der Waals surface area contributed by atoms with E-state index in [0.29, 0.717) is 52.9 Å². The monoisotopic (exact) mass is 628 g/mol. The summed E-state index contributed by atoms with van der Waals surface area (Å²) >= 11 is 0. The Morgan fingerprint density at radius 1 is 0.682 bits per heavy atom. The summed E-state index contributed by atoms with van der Waals surface area (Å²) in [6.07, 6.45) is -0.284. The Balaban J connectivity index is 1.83. The van der Waals surface area contributed by atoms with Crippen LogP contribution in [0, 0.1) is 0 Å². The summed E-state index contributed by atoms with van der Waals surface area (Å²) in [5.74, 6) is 0. The first-order valence-electron chi connectivity index (χ1n) is 15.9. The predicted molar refractivity (Wildman–Crippen MR) is 169 cm³/mol. The Morgan fingerprint density at radius 3 is 1.52 bits per heavy atom. The molecule has 0 bridgehead atoms. The van der Waals surface area contributed by atoms with Crippen molar-refractivity contribution in [1.82, 2.24) is 0 Å². The highest BCUT2D eigenvalue weighted by Gasteiger charge is 2.47. The van der Waals surface area contributed by atoms with Crippen LogP contribution < -0.4 is 0 Å². The summed E-state index contributed by atoms with van der Waals surface area (Å²) in [6.45, 7) is 20.1. The van der Waals surface area contributed by atoms with Crippen molar-refractivity contribution in [2.24, 2.45) is 0 Å². The number of methoxy groups -OCH3 is 3. The van der Waals surface area contributed by atoms with Gasteiger partial charge < -0.3 is 47.4 Å². The second kappa shape index (κ2) is 19.5. The van der Waals surface area contributed by atoms with E-state index in [-0.39, 0.29) is 42.7 Å². The second-order valence-electron chi connectivity index (χ2n) is 12.5. The van der Waals surface area contributed by atoms with Crippen LogP contribution in [0.15, 0.2) is 24.3 Å². The van der Waals surface area contributed by atoms with Crippen molar-refractivity contribution in [2.45, 2.75) is 109 Å². The highest BCUT2D eigenvalue weighted by Crippen LogP contribution is 2.40. The Morgan fingerprint density at radius 2 is 1.11 bits per heavy atom. The molecule has 0 aromatic heterocycles. The number of benzene rings is 1. The summed E-state index contributed by atoms with van der Waals surface area (Å²) in [6, 6.07) is 8.32. The lowest BCUT2D eigenvalue weighted by Crippen LogP contribution is -2.56. The molecule has 44 heavy (non-hydrogen) atoms. The molecule has 1 aliphatic heterocycles. The van der Waals surface area contributed by atoms with Gasteiger partial charge in [-0.05, 0) is 66.5 Å². The first-order valence-corrected chi connectivity index (χ1v) is 15.9. The molecule has 1 heterocycles. The molecule has 0 amide bonds. The summed E-state index contributed by atoms with van der Waals surface area (Å²) in [7, 11) is 5.04. The molecule has 0 N–H and O–H groups in total. The van der Waals surface area contributed by atoms with Gasteiger partial charge in [-0.2, -0.15) is 0 Å². The third-order valence-corrected chi connectivity index (χ3v) is 7.97. The van der Waals surface area contributed by atoms with Gasteiger partial charge in [-0.3, -0.25) is 0 Å². The van der Waals surface area contributed by atoms with Gasteiger partial charge in [-0.15, -0.1) is 0 Å². The fraction of sp³-hybridized carbons (Fsp3) is 0.824. The minimum atomic E-state index is -0.623. The van der Waals surface area contributed by atoms with Crippen LogP contribution in [0.4, 0.5) is 0 Å². The zero-order valence-electron chi connectivity index (χ0n) is 29.1. The van der Waals surface area contributed by atoms with Gasteiger partial charge in [0.2, 0.25) is 0 Å². The van der Waals surface area contributed by atoms with E-state index < -0.39 is 11.2 Å². The molecular formula is C34H60O10. The van der Waals surface area contributed by atoms with E-state index in [9.17, 15) is 0 Å². The van der Waals surface area contributed by atoms with Crippen molar-refractivity contribution in [3.8, 4) is 0 Å². The molecule has 0 saturated carbocycles. The average molecular weight is 629 g/mol. The standard InChI is InChI=1S/C34H60O10/c1-24(16-35-9)38-18-26(3)40-20-28(5)42-23-33(7,37-11)30-12-14-31(15-13-30)34(8)32(22-43-34)44-29(6)21-41-27(4)19-39-25(2)17-36-10/h12-15,24-29,32H,16-23H2,1-11H3. The van der Waals surface area contributed by atoms with Gasteiger partial charge in [-0.1, -0.05) is 24.3 Å². The summed E-state index contributed by atoms with van der Waals surface area (Å²) in [5, 5.41) is 0. The van der Waals surface area contributed by atoms with Crippen LogP contribution in [-0.2, 0) is 58.6 Å². The first kappa shape index (κ1) is 39.0. The minimum absolute atomic E-state index is 0.0315. The maximum Gasteiger partial charge on any atom is 0.119 e. The second-order valence-corrected chi connectivity index (χ2v) is 12.5. The van der Waals surface area contributed by atoms with Crippen molar-refractivity contribution in [1.29, 1.82) is 0 Å². The van der Waals surface area contributed by atoms with Gasteiger partial charge in [0.05, 0.1) is 89.5 Å². The van der Waals surface area contributed by atoms with Gasteiger partial charge in [-0.25, -0.2) is 0 Å². The third-order valence-electron chi connectivity index (χ3n) is 7.97. The molecule has 1 saturated heterocycles. The van der Waals surface area contributed by atoms with Gasteiger partial charge in [0.15, 0.2) is 0 Å². The number of hydrogen-bond donors (Lipinski definition) is 0. The van der Waals surface area contributed by atoms with Gasteiger partial charge in [0, 0.05) is 21.3 Å². The maximum atomic E-state index is 6.35. The van der Waals surface area contributed by atoms with Crippen molar-refractivity contribution in [3.63, 3.8) is 0 Å². The Bertz CT molecular complexity index is 874. The molecule has 0 spiro atoms. The molecular weight excluding hydrogens is 568 g/mol. The molecule has 256 valence electrons. The van der Waals surface area contributed by atoms with Crippen molar-refractivity contribution < 1.29 is 47.4 Å². The van der Waals surface area contributed by atoms with E-state index in [1.165, 1.54) is 0 Å². The fourth-order valence-corrected chi connectivity index (χ4v) is 4.78. The van der Waals surface area contributed by atoms with Gasteiger partial charge in [0.1, 0.15) is 17.3 Å². The van der Waals surface area contributed by atoms with Crippen LogP contribution >= 0.6 is 0 Å². The molecule has 9 unspecified atom stereocenters. The molecule has 0 aliphatic carbocycles. The van der Waals surface area contributed by atoms with Crippen LogP contribution in [0.25, 0.3) is 0 Å². The van der Waals surface area contributed by atoms with Crippen LogP contribution in [0.3, 0.4) is 0 Å². The number of hydrogen-bond acceptors (Lipinski definition) is 10. The average Bonchev–Trinajstić information content (AvgIpc) is 3.01. The van der Waals surface area contributed by atoms with Crippen LogP contribution in [0.2, 0.25) is 0 Å². The highest BCUT2D eigenvalue weighted by molar-refractivity contribution is 5.32. The molecule has 1 aromatic carbocycles. The summed E-state index contributed by atoms with van der Waals surface area (Å²) in [4.78, 5) is 0. The van der Waals surface area contributed by atoms with Gasteiger partial charge >= 0.3 is 0 Å². The Labute approximate surface area is 266 Å². The van der Waals surface area contributed by atoms with Crippen molar-refractivity contribution >= 4 is 0 Å². The molecule has 1 aliphatic rings. The van der Waals surface area contributed by atoms with Crippen molar-refractivity contribution in [3.05, 3.63) is 35.4 Å². The molecule has 1 aromatic rings. The van der Waals surface area contributed by atoms with E-state index in [4.69, 9.17) is 47.4 Å². The Kier molecular flexibility index (Phi) is 17.3. The lowest BCUT2D eigenvalue weighted by molar-refractivity contribution is -0.271. The highest BCUT2D eigenvalue weighted by atomic mass is 16.6. The smallest absolute Gasteiger partial charge is 0.119 e. The van der Waals surface area contributed by atoms with Crippen LogP contribution in [-0.4, -0.2) is 117 Å². The van der Waals surface area contributed by atoms with Crippen LogP contribution in [0.5, 0.6) is 0 Å². The predicted octanol–water partition coefficient (Wildman–Crippen LogP) is 4.89. The molecule has 9 atom stereocenters. The number of rotatable bonds is 24. The molecule has 2 rings (SSSR count). The summed E-state index contributed by atoms with van der Waals surface area (Å²) in [5.41, 5.74) is 0.910. The fourth-order valence-electron chi connectivity index (χ4n) is 4.78. The summed E-state index contributed by atoms with van der Waals surface area (Å²) < 4.78 is 58.1. The lowest BCUT2D eigenvalue weighted by atomic mass is 9.84.